The number of benzene rings is 6. The first-order valence-corrected chi connectivity index (χ1v) is 16.0. The van der Waals surface area contributed by atoms with Gasteiger partial charge in [-0.15, -0.1) is 0 Å². The van der Waals surface area contributed by atoms with Gasteiger partial charge in [-0.05, 0) is 71.5 Å². The molecule has 216 valence electrons. The van der Waals surface area contributed by atoms with E-state index in [1.807, 2.05) is 6.07 Å². The highest BCUT2D eigenvalue weighted by Gasteiger charge is 2.34. The van der Waals surface area contributed by atoms with E-state index in [0.717, 1.165) is 50.9 Å². The van der Waals surface area contributed by atoms with E-state index in [0.29, 0.717) is 0 Å². The fourth-order valence-corrected chi connectivity index (χ4v) is 8.31. The summed E-state index contributed by atoms with van der Waals surface area (Å²) in [6.07, 6.45) is 7.45. The molecular formula is C43H27NO2. The number of fused-ring (bicyclic) bond motifs is 14. The number of aromatic nitrogens is 1. The highest BCUT2D eigenvalue weighted by Crippen LogP contribution is 2.52. The number of hydrogen-bond acceptors (Lipinski definition) is 2. The van der Waals surface area contributed by atoms with Crippen LogP contribution in [0.5, 0.6) is 5.75 Å². The van der Waals surface area contributed by atoms with Gasteiger partial charge in [0.2, 0.25) is 0 Å². The van der Waals surface area contributed by atoms with E-state index in [1.54, 1.807) is 0 Å². The molecular weight excluding hydrogens is 562 g/mol. The molecule has 46 heavy (non-hydrogen) atoms. The fraction of sp³-hybridized carbons (Fsp3) is 0.0698. The Labute approximate surface area is 264 Å². The number of ether oxygens (including phenoxy) is 1. The smallest absolute Gasteiger partial charge is 0.160 e. The molecule has 2 aliphatic rings. The molecule has 1 unspecified atom stereocenters. The van der Waals surface area contributed by atoms with Crippen molar-refractivity contribution in [2.45, 2.75) is 19.3 Å². The van der Waals surface area contributed by atoms with Crippen molar-refractivity contribution >= 4 is 60.0 Å². The van der Waals surface area contributed by atoms with E-state index >= 15 is 0 Å². The molecule has 1 aliphatic carbocycles. The Morgan fingerprint density at radius 2 is 1.41 bits per heavy atom. The number of rotatable bonds is 2. The van der Waals surface area contributed by atoms with Crippen LogP contribution in [0, 0.1) is 6.92 Å². The molecule has 3 nitrogen and oxygen atoms in total. The second-order valence-electron chi connectivity index (χ2n) is 12.9. The third-order valence-electron chi connectivity index (χ3n) is 10.4. The van der Waals surface area contributed by atoms with Crippen molar-refractivity contribution in [2.75, 3.05) is 0 Å². The number of furan rings is 1. The van der Waals surface area contributed by atoms with E-state index in [1.165, 1.54) is 60.4 Å². The number of nitrogens with zero attached hydrogens (tertiary/aromatic N) is 1. The summed E-state index contributed by atoms with van der Waals surface area (Å²) < 4.78 is 15.9. The lowest BCUT2D eigenvalue weighted by atomic mass is 9.91. The average molecular weight is 590 g/mol. The first-order chi connectivity index (χ1) is 22.7. The highest BCUT2D eigenvalue weighted by molar-refractivity contribution is 6.29. The van der Waals surface area contributed by atoms with Crippen molar-refractivity contribution in [3.8, 4) is 28.0 Å². The van der Waals surface area contributed by atoms with Gasteiger partial charge in [-0.1, -0.05) is 97.1 Å². The van der Waals surface area contributed by atoms with Crippen LogP contribution in [0.2, 0.25) is 0 Å². The van der Waals surface area contributed by atoms with Crippen LogP contribution in [0.4, 0.5) is 0 Å². The lowest BCUT2D eigenvalue weighted by Crippen LogP contribution is -1.99. The van der Waals surface area contributed by atoms with Crippen LogP contribution < -0.4 is 4.74 Å². The normalized spacial score (nSPS) is 15.8. The van der Waals surface area contributed by atoms with Crippen LogP contribution in [0.1, 0.15) is 23.5 Å². The van der Waals surface area contributed by atoms with Crippen LogP contribution in [0.15, 0.2) is 138 Å². The summed E-state index contributed by atoms with van der Waals surface area (Å²) in [6, 6.07) is 39.7. The predicted octanol–water partition coefficient (Wildman–Crippen LogP) is 11.7. The number of para-hydroxylation sites is 1. The molecule has 4 heterocycles. The second-order valence-corrected chi connectivity index (χ2v) is 12.9. The Hall–Kier alpha value is -5.80. The standard InChI is InChI=1S/C43H27NO2/c1-24-21-26(25-9-3-2-4-10-25)15-16-28(24)27-22-35-31-17-19-33-29-11-5-7-13-37(29)45-42(33)40(31)44-39(35)36(23-27)32-18-20-34-30-12-6-8-14-38(30)46-43(34)41(32)44/h2-11,13-23,30H,12H2,1H3. The molecule has 1 aliphatic heterocycles. The van der Waals surface area contributed by atoms with Crippen molar-refractivity contribution in [1.82, 2.24) is 4.40 Å². The van der Waals surface area contributed by atoms with Gasteiger partial charge in [-0.2, -0.15) is 0 Å². The number of allylic oxidation sites excluding steroid dienone is 4. The van der Waals surface area contributed by atoms with Crippen molar-refractivity contribution in [3.05, 3.63) is 144 Å². The molecule has 0 bridgehead atoms. The number of hydrogen-bond donors (Lipinski definition) is 0. The topological polar surface area (TPSA) is 26.8 Å². The van der Waals surface area contributed by atoms with Gasteiger partial charge < -0.3 is 13.6 Å². The molecule has 1 atom stereocenters. The van der Waals surface area contributed by atoms with Crippen molar-refractivity contribution in [2.24, 2.45) is 0 Å². The molecule has 3 aromatic heterocycles. The van der Waals surface area contributed by atoms with E-state index in [4.69, 9.17) is 9.15 Å². The first-order valence-electron chi connectivity index (χ1n) is 16.0. The second kappa shape index (κ2) is 8.68. The van der Waals surface area contributed by atoms with Gasteiger partial charge in [0.05, 0.1) is 16.6 Å². The van der Waals surface area contributed by atoms with Crippen molar-refractivity contribution < 1.29 is 9.15 Å². The van der Waals surface area contributed by atoms with Crippen LogP contribution in [0.25, 0.3) is 82.3 Å². The quantitative estimate of drug-likeness (QED) is 0.201. The summed E-state index contributed by atoms with van der Waals surface area (Å²) in [5, 5.41) is 7.16. The van der Waals surface area contributed by atoms with Crippen LogP contribution in [0.3, 0.4) is 0 Å². The maximum atomic E-state index is 6.75. The lowest BCUT2D eigenvalue weighted by Gasteiger charge is -2.11. The molecule has 0 saturated heterocycles. The van der Waals surface area contributed by atoms with Gasteiger partial charge in [0.1, 0.15) is 11.3 Å². The summed E-state index contributed by atoms with van der Waals surface area (Å²) in [6.45, 7) is 2.23. The summed E-state index contributed by atoms with van der Waals surface area (Å²) >= 11 is 0. The maximum absolute atomic E-state index is 6.75. The van der Waals surface area contributed by atoms with Gasteiger partial charge in [0, 0.05) is 43.8 Å². The average Bonchev–Trinajstić information content (AvgIpc) is 3.84. The molecule has 0 radical (unpaired) electrons. The van der Waals surface area contributed by atoms with Gasteiger partial charge in [0.25, 0.3) is 0 Å². The molecule has 0 N–H and O–H groups in total. The van der Waals surface area contributed by atoms with E-state index < -0.39 is 0 Å². The summed E-state index contributed by atoms with van der Waals surface area (Å²) in [5.74, 6) is 2.28. The zero-order chi connectivity index (χ0) is 30.1. The zero-order valence-electron chi connectivity index (χ0n) is 25.2. The van der Waals surface area contributed by atoms with E-state index in [9.17, 15) is 0 Å². The minimum absolute atomic E-state index is 0.263. The largest absolute Gasteiger partial charge is 0.459 e. The lowest BCUT2D eigenvalue weighted by molar-refractivity contribution is 0.428. The Balaban J connectivity index is 1.27. The Bertz CT molecular complexity index is 2810. The molecule has 0 fully saturated rings. The molecule has 6 aromatic carbocycles. The predicted molar refractivity (Wildman–Crippen MR) is 189 cm³/mol. The van der Waals surface area contributed by atoms with Crippen LogP contribution in [-0.2, 0) is 0 Å². The fourth-order valence-electron chi connectivity index (χ4n) is 8.31. The summed E-state index contributed by atoms with van der Waals surface area (Å²) in [7, 11) is 0. The molecule has 11 rings (SSSR count). The minimum Gasteiger partial charge on any atom is -0.459 e. The Kier molecular flexibility index (Phi) is 4.62. The minimum atomic E-state index is 0.263. The van der Waals surface area contributed by atoms with Crippen LogP contribution in [-0.4, -0.2) is 4.40 Å². The Morgan fingerprint density at radius 1 is 0.630 bits per heavy atom. The SMILES string of the molecule is Cc1cc(-c2ccccc2)ccc1-c1cc2c3ccc4c(c3n3c2c(c1)c1ccc2c5ccccc5oc2c13)OC1=CC=CCC14. The van der Waals surface area contributed by atoms with Crippen LogP contribution >= 0.6 is 0 Å². The maximum Gasteiger partial charge on any atom is 0.160 e. The van der Waals surface area contributed by atoms with E-state index in [-0.39, 0.29) is 5.92 Å². The molecule has 3 heteroatoms. The summed E-state index contributed by atoms with van der Waals surface area (Å²) in [5.41, 5.74) is 12.8. The third kappa shape index (κ3) is 3.07. The van der Waals surface area contributed by atoms with E-state index in [2.05, 4.69) is 133 Å². The zero-order valence-corrected chi connectivity index (χ0v) is 25.2. The Morgan fingerprint density at radius 3 is 2.28 bits per heavy atom. The first kappa shape index (κ1) is 24.5. The van der Waals surface area contributed by atoms with Gasteiger partial charge in [-0.3, -0.25) is 0 Å². The third-order valence-corrected chi connectivity index (χ3v) is 10.4. The van der Waals surface area contributed by atoms with Gasteiger partial charge in [0.15, 0.2) is 11.3 Å². The van der Waals surface area contributed by atoms with Gasteiger partial charge in [-0.25, -0.2) is 0 Å². The monoisotopic (exact) mass is 589 g/mol. The molecule has 9 aromatic rings. The number of aryl methyl sites for hydroxylation is 1. The molecule has 0 spiro atoms. The molecule has 0 saturated carbocycles. The van der Waals surface area contributed by atoms with Crippen molar-refractivity contribution in [1.29, 1.82) is 0 Å². The van der Waals surface area contributed by atoms with Gasteiger partial charge >= 0.3 is 0 Å². The summed E-state index contributed by atoms with van der Waals surface area (Å²) in [4.78, 5) is 0. The highest BCUT2D eigenvalue weighted by atomic mass is 16.5. The van der Waals surface area contributed by atoms with Crippen molar-refractivity contribution in [3.63, 3.8) is 0 Å². The molecule has 0 amide bonds.